The average Bonchev–Trinajstić information content (AvgIpc) is 3.30. The number of hydrogen-bond acceptors (Lipinski definition) is 4. The number of halogens is 1. The van der Waals surface area contributed by atoms with Crippen molar-refractivity contribution in [2.75, 3.05) is 13.1 Å². The third-order valence-electron chi connectivity index (χ3n) is 4.39. The Morgan fingerprint density at radius 3 is 3.17 bits per heavy atom. The van der Waals surface area contributed by atoms with Gasteiger partial charge in [-0.05, 0) is 25.1 Å². The summed E-state index contributed by atoms with van der Waals surface area (Å²) in [5.74, 6) is -0.451. The Bertz CT molecular complexity index is 880. The Morgan fingerprint density at radius 1 is 1.42 bits per heavy atom. The van der Waals surface area contributed by atoms with Gasteiger partial charge in [-0.3, -0.25) is 9.89 Å². The minimum Gasteiger partial charge on any atom is -0.348 e. The van der Waals surface area contributed by atoms with Gasteiger partial charge in [0.1, 0.15) is 11.3 Å². The van der Waals surface area contributed by atoms with Gasteiger partial charge in [0.2, 0.25) is 0 Å². The Morgan fingerprint density at radius 2 is 2.33 bits per heavy atom. The molecule has 3 heterocycles. The number of H-pyrrole nitrogens is 2. The van der Waals surface area contributed by atoms with E-state index in [4.69, 9.17) is 0 Å². The summed E-state index contributed by atoms with van der Waals surface area (Å²) in [7, 11) is 0. The third kappa shape index (κ3) is 2.65. The van der Waals surface area contributed by atoms with E-state index in [1.807, 2.05) is 0 Å². The highest BCUT2D eigenvalue weighted by Gasteiger charge is 2.22. The summed E-state index contributed by atoms with van der Waals surface area (Å²) in [6.45, 7) is 2.22. The maximum Gasteiger partial charge on any atom is 0.253 e. The van der Waals surface area contributed by atoms with E-state index in [1.165, 1.54) is 18.5 Å². The van der Waals surface area contributed by atoms with Crippen molar-refractivity contribution in [2.24, 2.45) is 0 Å². The van der Waals surface area contributed by atoms with Crippen molar-refractivity contribution in [1.82, 2.24) is 30.8 Å². The summed E-state index contributed by atoms with van der Waals surface area (Å²) >= 11 is 0. The van der Waals surface area contributed by atoms with Gasteiger partial charge in [0.25, 0.3) is 5.91 Å². The normalized spacial score (nSPS) is 17.5. The van der Waals surface area contributed by atoms with Crippen molar-refractivity contribution in [3.63, 3.8) is 0 Å². The summed E-state index contributed by atoms with van der Waals surface area (Å²) in [6, 6.07) is 2.52. The van der Waals surface area contributed by atoms with Crippen molar-refractivity contribution >= 4 is 16.9 Å². The SMILES string of the molecule is O=C(NCc1cn[nH]c1C1CCNC1)c1cc(F)cc2[nH]cnc12. The molecular weight excluding hydrogens is 311 g/mol. The van der Waals surface area contributed by atoms with Crippen LogP contribution in [0.1, 0.15) is 34.0 Å². The first-order valence-corrected chi connectivity index (χ1v) is 7.86. The number of rotatable bonds is 4. The summed E-state index contributed by atoms with van der Waals surface area (Å²) in [5.41, 5.74) is 3.18. The smallest absolute Gasteiger partial charge is 0.253 e. The molecule has 4 rings (SSSR count). The highest BCUT2D eigenvalue weighted by Crippen LogP contribution is 2.23. The lowest BCUT2D eigenvalue weighted by atomic mass is 10.0. The molecule has 3 aromatic rings. The summed E-state index contributed by atoms with van der Waals surface area (Å²) in [6.07, 6.45) is 4.22. The number of amides is 1. The average molecular weight is 328 g/mol. The van der Waals surface area contributed by atoms with Crippen LogP contribution in [-0.2, 0) is 6.54 Å². The number of fused-ring (bicyclic) bond motifs is 1. The van der Waals surface area contributed by atoms with Crippen molar-refractivity contribution < 1.29 is 9.18 Å². The van der Waals surface area contributed by atoms with Crippen LogP contribution in [0.2, 0.25) is 0 Å². The maximum absolute atomic E-state index is 13.7. The summed E-state index contributed by atoms with van der Waals surface area (Å²) in [5, 5.41) is 13.3. The molecule has 1 aliphatic rings. The van der Waals surface area contributed by atoms with E-state index in [0.717, 1.165) is 30.8 Å². The number of nitrogens with one attached hydrogen (secondary N) is 4. The topological polar surface area (TPSA) is 98.5 Å². The first-order chi connectivity index (χ1) is 11.7. The molecule has 124 valence electrons. The monoisotopic (exact) mass is 328 g/mol. The van der Waals surface area contributed by atoms with Gasteiger partial charge in [0.15, 0.2) is 0 Å². The molecule has 0 bridgehead atoms. The number of benzene rings is 1. The van der Waals surface area contributed by atoms with Crippen LogP contribution in [0, 0.1) is 5.82 Å². The van der Waals surface area contributed by atoms with Crippen LogP contribution in [0.25, 0.3) is 11.0 Å². The molecular formula is C16H17FN6O. The van der Waals surface area contributed by atoms with Crippen LogP contribution < -0.4 is 10.6 Å². The molecule has 1 amide bonds. The molecule has 0 radical (unpaired) electrons. The van der Waals surface area contributed by atoms with E-state index >= 15 is 0 Å². The fraction of sp³-hybridized carbons (Fsp3) is 0.312. The predicted molar refractivity (Wildman–Crippen MR) is 86.0 cm³/mol. The van der Waals surface area contributed by atoms with Crippen LogP contribution in [-0.4, -0.2) is 39.2 Å². The number of carbonyl (C=O) groups excluding carboxylic acids is 1. The largest absolute Gasteiger partial charge is 0.348 e. The molecule has 1 aromatic carbocycles. The van der Waals surface area contributed by atoms with Crippen molar-refractivity contribution in [3.05, 3.63) is 47.3 Å². The number of carbonyl (C=O) groups is 1. The number of imidazole rings is 1. The van der Waals surface area contributed by atoms with Gasteiger partial charge in [0, 0.05) is 30.3 Å². The first-order valence-electron chi connectivity index (χ1n) is 7.86. The summed E-state index contributed by atoms with van der Waals surface area (Å²) < 4.78 is 13.7. The molecule has 24 heavy (non-hydrogen) atoms. The number of aromatic amines is 2. The third-order valence-corrected chi connectivity index (χ3v) is 4.39. The number of aromatic nitrogens is 4. The van der Waals surface area contributed by atoms with Gasteiger partial charge in [0.05, 0.1) is 23.6 Å². The van der Waals surface area contributed by atoms with Gasteiger partial charge in [-0.1, -0.05) is 0 Å². The van der Waals surface area contributed by atoms with E-state index in [9.17, 15) is 9.18 Å². The van der Waals surface area contributed by atoms with Crippen LogP contribution in [0.3, 0.4) is 0 Å². The highest BCUT2D eigenvalue weighted by atomic mass is 19.1. The zero-order valence-corrected chi connectivity index (χ0v) is 12.9. The second-order valence-corrected chi connectivity index (χ2v) is 5.93. The summed E-state index contributed by atoms with van der Waals surface area (Å²) in [4.78, 5) is 19.4. The molecule has 8 heteroatoms. The lowest BCUT2D eigenvalue weighted by molar-refractivity contribution is 0.0952. The molecule has 0 aliphatic carbocycles. The quantitative estimate of drug-likeness (QED) is 0.582. The predicted octanol–water partition coefficient (Wildman–Crippen LogP) is 1.43. The number of nitrogens with zero attached hydrogens (tertiary/aromatic N) is 2. The van der Waals surface area contributed by atoms with Gasteiger partial charge in [-0.15, -0.1) is 0 Å². The zero-order chi connectivity index (χ0) is 16.5. The molecule has 0 saturated carbocycles. The second kappa shape index (κ2) is 6.04. The van der Waals surface area contributed by atoms with Gasteiger partial charge in [-0.25, -0.2) is 9.37 Å². The van der Waals surface area contributed by atoms with E-state index < -0.39 is 5.82 Å². The van der Waals surface area contributed by atoms with E-state index in [0.29, 0.717) is 23.5 Å². The van der Waals surface area contributed by atoms with Crippen molar-refractivity contribution in [1.29, 1.82) is 0 Å². The molecule has 1 atom stereocenters. The van der Waals surface area contributed by atoms with Crippen LogP contribution >= 0.6 is 0 Å². The standard InChI is InChI=1S/C16H17FN6O/c17-11-3-12(15-13(4-11)20-8-21-15)16(24)19-6-10-7-22-23-14(10)9-1-2-18-5-9/h3-4,7-9,18H,1-2,5-6H2,(H,19,24)(H,20,21)(H,22,23). The number of hydrogen-bond donors (Lipinski definition) is 4. The van der Waals surface area contributed by atoms with Crippen LogP contribution in [0.5, 0.6) is 0 Å². The lowest BCUT2D eigenvalue weighted by Gasteiger charge is -2.10. The Kier molecular flexibility index (Phi) is 3.73. The van der Waals surface area contributed by atoms with Gasteiger partial charge >= 0.3 is 0 Å². The molecule has 7 nitrogen and oxygen atoms in total. The molecule has 1 unspecified atom stereocenters. The Balaban J connectivity index is 1.53. The van der Waals surface area contributed by atoms with E-state index in [-0.39, 0.29) is 11.5 Å². The minimum absolute atomic E-state index is 0.221. The Hall–Kier alpha value is -2.74. The molecule has 1 saturated heterocycles. The highest BCUT2D eigenvalue weighted by molar-refractivity contribution is 6.04. The fourth-order valence-electron chi connectivity index (χ4n) is 3.18. The van der Waals surface area contributed by atoms with Gasteiger partial charge < -0.3 is 15.6 Å². The maximum atomic E-state index is 13.7. The fourth-order valence-corrected chi connectivity index (χ4v) is 3.18. The molecule has 0 spiro atoms. The molecule has 1 fully saturated rings. The van der Waals surface area contributed by atoms with Crippen molar-refractivity contribution in [2.45, 2.75) is 18.9 Å². The van der Waals surface area contributed by atoms with E-state index in [2.05, 4.69) is 30.8 Å². The zero-order valence-electron chi connectivity index (χ0n) is 12.9. The van der Waals surface area contributed by atoms with Crippen LogP contribution in [0.4, 0.5) is 4.39 Å². The van der Waals surface area contributed by atoms with Crippen LogP contribution in [0.15, 0.2) is 24.7 Å². The molecule has 1 aliphatic heterocycles. The van der Waals surface area contributed by atoms with E-state index in [1.54, 1.807) is 6.20 Å². The Labute approximate surface area is 137 Å². The lowest BCUT2D eigenvalue weighted by Crippen LogP contribution is -2.24. The van der Waals surface area contributed by atoms with Gasteiger partial charge in [-0.2, -0.15) is 5.10 Å². The second-order valence-electron chi connectivity index (χ2n) is 5.93. The minimum atomic E-state index is -0.474. The first kappa shape index (κ1) is 14.8. The molecule has 4 N–H and O–H groups in total. The molecule has 2 aromatic heterocycles. The van der Waals surface area contributed by atoms with Crippen molar-refractivity contribution in [3.8, 4) is 0 Å².